The van der Waals surface area contributed by atoms with Gasteiger partial charge in [0, 0.05) is 5.41 Å². The van der Waals surface area contributed by atoms with Gasteiger partial charge < -0.3 is 4.42 Å². The molecule has 0 N–H and O–H groups in total. The number of hydrogen-bond acceptors (Lipinski definition) is 5. The van der Waals surface area contributed by atoms with Gasteiger partial charge in [-0.1, -0.05) is 0 Å². The molecule has 0 radical (unpaired) electrons. The van der Waals surface area contributed by atoms with Crippen LogP contribution in [0.2, 0.25) is 0 Å². The van der Waals surface area contributed by atoms with Crippen LogP contribution in [0, 0.1) is 29.1 Å². The van der Waals surface area contributed by atoms with Crippen molar-refractivity contribution in [3.05, 3.63) is 5.89 Å². The zero-order chi connectivity index (χ0) is 13.7. The SMILES string of the molecule is CC(C#N)Sc1nnc(C23CC4CC(CC(C4)C2)C3)o1. The van der Waals surface area contributed by atoms with E-state index in [4.69, 9.17) is 9.68 Å². The Bertz CT molecular complexity index is 526. The Hall–Kier alpha value is -1.02. The van der Waals surface area contributed by atoms with Crippen molar-refractivity contribution in [1.29, 1.82) is 5.26 Å². The summed E-state index contributed by atoms with van der Waals surface area (Å²) in [7, 11) is 0. The van der Waals surface area contributed by atoms with E-state index in [-0.39, 0.29) is 10.7 Å². The molecular formula is C15H19N3OS. The first-order valence-corrected chi connectivity index (χ1v) is 8.45. The van der Waals surface area contributed by atoms with E-state index >= 15 is 0 Å². The van der Waals surface area contributed by atoms with Crippen LogP contribution < -0.4 is 0 Å². The summed E-state index contributed by atoms with van der Waals surface area (Å²) in [5.41, 5.74) is 0.163. The molecule has 5 heteroatoms. The minimum absolute atomic E-state index is 0.139. The van der Waals surface area contributed by atoms with E-state index < -0.39 is 0 Å². The fourth-order valence-corrected chi connectivity index (χ4v) is 5.59. The van der Waals surface area contributed by atoms with Crippen LogP contribution in [0.25, 0.3) is 0 Å². The molecular weight excluding hydrogens is 270 g/mol. The number of nitrogens with zero attached hydrogens (tertiary/aromatic N) is 3. The maximum absolute atomic E-state index is 8.87. The molecule has 0 aromatic carbocycles. The molecule has 0 aliphatic heterocycles. The minimum Gasteiger partial charge on any atom is -0.415 e. The summed E-state index contributed by atoms with van der Waals surface area (Å²) in [6.45, 7) is 1.86. The highest BCUT2D eigenvalue weighted by atomic mass is 32.2. The van der Waals surface area contributed by atoms with Crippen molar-refractivity contribution < 1.29 is 4.42 Å². The molecule has 1 atom stereocenters. The number of thioether (sulfide) groups is 1. The van der Waals surface area contributed by atoms with E-state index in [2.05, 4.69) is 16.3 Å². The molecule has 1 aromatic heterocycles. The average Bonchev–Trinajstić information content (AvgIpc) is 2.86. The van der Waals surface area contributed by atoms with Crippen molar-refractivity contribution in [2.24, 2.45) is 17.8 Å². The van der Waals surface area contributed by atoms with Crippen LogP contribution >= 0.6 is 11.8 Å². The van der Waals surface area contributed by atoms with Gasteiger partial charge in [0.05, 0.1) is 11.3 Å². The van der Waals surface area contributed by atoms with Crippen molar-refractivity contribution in [2.75, 3.05) is 0 Å². The second-order valence-corrected chi connectivity index (χ2v) is 8.25. The van der Waals surface area contributed by atoms with Crippen molar-refractivity contribution in [2.45, 2.75) is 61.3 Å². The van der Waals surface area contributed by atoms with Crippen molar-refractivity contribution in [3.8, 4) is 6.07 Å². The highest BCUT2D eigenvalue weighted by molar-refractivity contribution is 7.99. The maximum Gasteiger partial charge on any atom is 0.277 e. The average molecular weight is 289 g/mol. The molecule has 20 heavy (non-hydrogen) atoms. The lowest BCUT2D eigenvalue weighted by Gasteiger charge is -2.55. The molecule has 1 heterocycles. The molecule has 4 aliphatic carbocycles. The Morgan fingerprint density at radius 3 is 2.35 bits per heavy atom. The van der Waals surface area contributed by atoms with Crippen LogP contribution in [0.1, 0.15) is 51.3 Å². The first-order chi connectivity index (χ1) is 9.67. The van der Waals surface area contributed by atoms with Crippen LogP contribution in [-0.4, -0.2) is 15.4 Å². The summed E-state index contributed by atoms with van der Waals surface area (Å²) >= 11 is 1.37. The Morgan fingerprint density at radius 2 is 1.80 bits per heavy atom. The predicted molar refractivity (Wildman–Crippen MR) is 75.1 cm³/mol. The highest BCUT2D eigenvalue weighted by Crippen LogP contribution is 2.60. The fraction of sp³-hybridized carbons (Fsp3) is 0.800. The Balaban J connectivity index is 1.60. The third-order valence-electron chi connectivity index (χ3n) is 5.36. The first kappa shape index (κ1) is 12.7. The van der Waals surface area contributed by atoms with Gasteiger partial charge >= 0.3 is 0 Å². The van der Waals surface area contributed by atoms with E-state index in [9.17, 15) is 0 Å². The standard InChI is InChI=1S/C15H19N3OS/c1-9(8-16)20-14-18-17-13(19-14)15-5-10-2-11(6-15)4-12(3-10)7-15/h9-12H,2-7H2,1H3. The Kier molecular flexibility index (Phi) is 2.85. The lowest BCUT2D eigenvalue weighted by molar-refractivity contribution is -0.0191. The van der Waals surface area contributed by atoms with Gasteiger partial charge in [-0.25, -0.2) is 0 Å². The third kappa shape index (κ3) is 1.96. The second kappa shape index (κ2) is 4.49. The fourth-order valence-electron chi connectivity index (χ4n) is 5.02. The molecule has 5 rings (SSSR count). The Labute approximate surface area is 123 Å². The number of rotatable bonds is 3. The largest absolute Gasteiger partial charge is 0.415 e. The van der Waals surface area contributed by atoms with Crippen LogP contribution in [0.15, 0.2) is 9.64 Å². The minimum atomic E-state index is -0.139. The lowest BCUT2D eigenvalue weighted by Crippen LogP contribution is -2.48. The van der Waals surface area contributed by atoms with Crippen molar-refractivity contribution in [3.63, 3.8) is 0 Å². The molecule has 0 saturated heterocycles. The normalized spacial score (nSPS) is 39.7. The summed E-state index contributed by atoms with van der Waals surface area (Å²) in [4.78, 5) is 0. The van der Waals surface area contributed by atoms with Gasteiger partial charge in [0.2, 0.25) is 5.89 Å². The van der Waals surface area contributed by atoms with Crippen LogP contribution in [0.5, 0.6) is 0 Å². The molecule has 4 nitrogen and oxygen atoms in total. The highest BCUT2D eigenvalue weighted by Gasteiger charge is 2.54. The monoisotopic (exact) mass is 289 g/mol. The van der Waals surface area contributed by atoms with E-state index in [0.717, 1.165) is 23.6 Å². The molecule has 1 aromatic rings. The zero-order valence-corrected chi connectivity index (χ0v) is 12.5. The van der Waals surface area contributed by atoms with Crippen molar-refractivity contribution in [1.82, 2.24) is 10.2 Å². The predicted octanol–water partition coefficient (Wildman–Crippen LogP) is 3.54. The van der Waals surface area contributed by atoms with Gasteiger partial charge in [0.15, 0.2) is 0 Å². The second-order valence-electron chi connectivity index (χ2n) is 6.96. The molecule has 0 spiro atoms. The summed E-state index contributed by atoms with van der Waals surface area (Å²) in [6.07, 6.45) is 7.96. The van der Waals surface area contributed by atoms with Gasteiger partial charge in [-0.05, 0) is 75.0 Å². The van der Waals surface area contributed by atoms with Gasteiger partial charge in [-0.15, -0.1) is 10.2 Å². The van der Waals surface area contributed by atoms with E-state index in [0.29, 0.717) is 5.22 Å². The zero-order valence-electron chi connectivity index (χ0n) is 11.7. The summed E-state index contributed by atoms with van der Waals surface area (Å²) in [5.74, 6) is 3.48. The van der Waals surface area contributed by atoms with E-state index in [1.807, 2.05) is 6.92 Å². The van der Waals surface area contributed by atoms with E-state index in [1.165, 1.54) is 50.3 Å². The third-order valence-corrected chi connectivity index (χ3v) is 6.18. The lowest BCUT2D eigenvalue weighted by atomic mass is 9.49. The van der Waals surface area contributed by atoms with Gasteiger partial charge in [-0.2, -0.15) is 5.26 Å². The summed E-state index contributed by atoms with van der Waals surface area (Å²) in [5, 5.41) is 17.8. The van der Waals surface area contributed by atoms with Gasteiger partial charge in [-0.3, -0.25) is 0 Å². The molecule has 4 fully saturated rings. The molecule has 4 saturated carbocycles. The number of nitriles is 1. The molecule has 0 amide bonds. The topological polar surface area (TPSA) is 62.7 Å². The smallest absolute Gasteiger partial charge is 0.277 e. The maximum atomic E-state index is 8.87. The van der Waals surface area contributed by atoms with Gasteiger partial charge in [0.1, 0.15) is 0 Å². The van der Waals surface area contributed by atoms with Crippen LogP contribution in [0.3, 0.4) is 0 Å². The van der Waals surface area contributed by atoms with E-state index in [1.54, 1.807) is 0 Å². The number of aromatic nitrogens is 2. The van der Waals surface area contributed by atoms with Gasteiger partial charge in [0.25, 0.3) is 5.22 Å². The molecule has 106 valence electrons. The molecule has 1 unspecified atom stereocenters. The number of hydrogen-bond donors (Lipinski definition) is 0. The quantitative estimate of drug-likeness (QED) is 0.796. The van der Waals surface area contributed by atoms with Crippen LogP contribution in [0.4, 0.5) is 0 Å². The first-order valence-electron chi connectivity index (χ1n) is 7.57. The Morgan fingerprint density at radius 1 is 1.20 bits per heavy atom. The summed E-state index contributed by atoms with van der Waals surface area (Å²) < 4.78 is 5.93. The molecule has 4 aliphatic rings. The molecule has 4 bridgehead atoms. The summed E-state index contributed by atoms with van der Waals surface area (Å²) in [6, 6.07) is 2.19. The van der Waals surface area contributed by atoms with Crippen LogP contribution in [-0.2, 0) is 5.41 Å². The van der Waals surface area contributed by atoms with Crippen molar-refractivity contribution >= 4 is 11.8 Å².